The van der Waals surface area contributed by atoms with Crippen LogP contribution in [0.15, 0.2) is 0 Å². The van der Waals surface area contributed by atoms with Crippen LogP contribution in [-0.4, -0.2) is 43.3 Å². The average Bonchev–Trinajstić information content (AvgIpc) is 2.27. The molecule has 1 aliphatic rings. The first-order valence-corrected chi connectivity index (χ1v) is 6.08. The van der Waals surface area contributed by atoms with Gasteiger partial charge in [-0.15, -0.1) is 0 Å². The molecule has 0 aromatic heterocycles. The Morgan fingerprint density at radius 3 is 2.60 bits per heavy atom. The van der Waals surface area contributed by atoms with Crippen molar-refractivity contribution in [3.63, 3.8) is 0 Å². The van der Waals surface area contributed by atoms with Crippen molar-refractivity contribution in [2.75, 3.05) is 20.2 Å². The van der Waals surface area contributed by atoms with E-state index in [2.05, 4.69) is 25.7 Å². The number of nitrogens with two attached hydrogens (primary N) is 1. The van der Waals surface area contributed by atoms with Gasteiger partial charge in [-0.05, 0) is 46.1 Å². The van der Waals surface area contributed by atoms with Crippen molar-refractivity contribution in [1.82, 2.24) is 4.90 Å². The van der Waals surface area contributed by atoms with E-state index in [0.717, 1.165) is 13.1 Å². The van der Waals surface area contributed by atoms with Gasteiger partial charge in [0.2, 0.25) is 0 Å². The Labute approximate surface area is 94.0 Å². The summed E-state index contributed by atoms with van der Waals surface area (Å²) in [6, 6.07) is 1.15. The monoisotopic (exact) mass is 214 g/mol. The van der Waals surface area contributed by atoms with Crippen LogP contribution in [0.25, 0.3) is 0 Å². The highest BCUT2D eigenvalue weighted by molar-refractivity contribution is 4.85. The lowest BCUT2D eigenvalue weighted by Gasteiger charge is -2.43. The molecular formula is C12H26N2O. The summed E-state index contributed by atoms with van der Waals surface area (Å²) in [5.74, 6) is 0.674. The van der Waals surface area contributed by atoms with Crippen molar-refractivity contribution in [1.29, 1.82) is 0 Å². The first-order valence-electron chi connectivity index (χ1n) is 6.08. The molecule has 0 aromatic rings. The van der Waals surface area contributed by atoms with Crippen LogP contribution in [-0.2, 0) is 4.74 Å². The SMILES string of the molecule is COC(C)C(C)N1CC(CN)CCC1C. The summed E-state index contributed by atoms with van der Waals surface area (Å²) >= 11 is 0. The predicted octanol–water partition coefficient (Wildman–Crippen LogP) is 1.47. The van der Waals surface area contributed by atoms with Gasteiger partial charge in [-0.3, -0.25) is 4.90 Å². The van der Waals surface area contributed by atoms with Gasteiger partial charge in [-0.25, -0.2) is 0 Å². The molecule has 0 aromatic carbocycles. The number of hydrogen-bond acceptors (Lipinski definition) is 3. The second-order valence-electron chi connectivity index (χ2n) is 4.91. The number of rotatable bonds is 4. The molecule has 1 saturated heterocycles. The van der Waals surface area contributed by atoms with E-state index in [1.54, 1.807) is 7.11 Å². The third-order valence-electron chi connectivity index (χ3n) is 3.94. The van der Waals surface area contributed by atoms with E-state index in [0.29, 0.717) is 24.1 Å². The normalized spacial score (nSPS) is 32.6. The lowest BCUT2D eigenvalue weighted by atomic mass is 9.91. The smallest absolute Gasteiger partial charge is 0.0695 e. The molecular weight excluding hydrogens is 188 g/mol. The minimum atomic E-state index is 0.295. The summed E-state index contributed by atoms with van der Waals surface area (Å²) in [6.45, 7) is 8.66. The zero-order chi connectivity index (χ0) is 11.4. The zero-order valence-corrected chi connectivity index (χ0v) is 10.6. The average molecular weight is 214 g/mol. The number of ether oxygens (including phenoxy) is 1. The number of methoxy groups -OCH3 is 1. The van der Waals surface area contributed by atoms with E-state index in [1.807, 2.05) is 0 Å². The van der Waals surface area contributed by atoms with Gasteiger partial charge in [0.15, 0.2) is 0 Å². The fourth-order valence-corrected chi connectivity index (χ4v) is 2.44. The van der Waals surface area contributed by atoms with Crippen LogP contribution in [0.4, 0.5) is 0 Å². The summed E-state index contributed by atoms with van der Waals surface area (Å²) in [7, 11) is 1.79. The zero-order valence-electron chi connectivity index (χ0n) is 10.6. The first-order chi connectivity index (χ1) is 7.10. The maximum absolute atomic E-state index is 5.76. The van der Waals surface area contributed by atoms with Crippen molar-refractivity contribution in [2.24, 2.45) is 11.7 Å². The molecule has 1 fully saturated rings. The molecule has 0 aliphatic carbocycles. The van der Waals surface area contributed by atoms with E-state index in [4.69, 9.17) is 10.5 Å². The van der Waals surface area contributed by atoms with E-state index in [1.165, 1.54) is 12.8 Å². The molecule has 0 amide bonds. The Morgan fingerprint density at radius 2 is 2.07 bits per heavy atom. The lowest BCUT2D eigenvalue weighted by molar-refractivity contribution is -0.00651. The molecule has 0 spiro atoms. The quantitative estimate of drug-likeness (QED) is 0.770. The maximum Gasteiger partial charge on any atom is 0.0695 e. The Kier molecular flexibility index (Phi) is 5.03. The van der Waals surface area contributed by atoms with Crippen LogP contribution in [0.3, 0.4) is 0 Å². The molecule has 3 nitrogen and oxygen atoms in total. The fourth-order valence-electron chi connectivity index (χ4n) is 2.44. The minimum absolute atomic E-state index is 0.295. The summed E-state index contributed by atoms with van der Waals surface area (Å²) in [5, 5.41) is 0. The van der Waals surface area contributed by atoms with E-state index < -0.39 is 0 Å². The summed E-state index contributed by atoms with van der Waals surface area (Å²) in [4.78, 5) is 2.55. The van der Waals surface area contributed by atoms with Gasteiger partial charge < -0.3 is 10.5 Å². The van der Waals surface area contributed by atoms with Crippen molar-refractivity contribution in [2.45, 2.75) is 51.8 Å². The Balaban J connectivity index is 2.56. The molecule has 3 heteroatoms. The summed E-state index contributed by atoms with van der Waals surface area (Å²) in [6.07, 6.45) is 2.84. The third kappa shape index (κ3) is 3.16. The summed E-state index contributed by atoms with van der Waals surface area (Å²) < 4.78 is 5.41. The maximum atomic E-state index is 5.76. The Morgan fingerprint density at radius 1 is 1.40 bits per heavy atom. The van der Waals surface area contributed by atoms with Crippen LogP contribution in [0.2, 0.25) is 0 Å². The topological polar surface area (TPSA) is 38.5 Å². The molecule has 4 unspecified atom stereocenters. The van der Waals surface area contributed by atoms with Gasteiger partial charge in [-0.1, -0.05) is 0 Å². The largest absolute Gasteiger partial charge is 0.380 e. The second-order valence-corrected chi connectivity index (χ2v) is 4.91. The van der Waals surface area contributed by atoms with Gasteiger partial charge in [0.25, 0.3) is 0 Å². The van der Waals surface area contributed by atoms with Gasteiger partial charge in [0, 0.05) is 25.7 Å². The van der Waals surface area contributed by atoms with Crippen LogP contribution < -0.4 is 5.73 Å². The summed E-state index contributed by atoms with van der Waals surface area (Å²) in [5.41, 5.74) is 5.76. The molecule has 4 atom stereocenters. The number of hydrogen-bond donors (Lipinski definition) is 1. The van der Waals surface area contributed by atoms with Gasteiger partial charge in [-0.2, -0.15) is 0 Å². The molecule has 15 heavy (non-hydrogen) atoms. The third-order valence-corrected chi connectivity index (χ3v) is 3.94. The van der Waals surface area contributed by atoms with Gasteiger partial charge in [0.05, 0.1) is 6.10 Å². The lowest BCUT2D eigenvalue weighted by Crippen LogP contribution is -2.51. The predicted molar refractivity (Wildman–Crippen MR) is 63.9 cm³/mol. The van der Waals surface area contributed by atoms with E-state index >= 15 is 0 Å². The van der Waals surface area contributed by atoms with Crippen LogP contribution in [0.1, 0.15) is 33.6 Å². The number of nitrogens with zero attached hydrogens (tertiary/aromatic N) is 1. The van der Waals surface area contributed by atoms with Gasteiger partial charge in [0.1, 0.15) is 0 Å². The minimum Gasteiger partial charge on any atom is -0.380 e. The van der Waals surface area contributed by atoms with Gasteiger partial charge >= 0.3 is 0 Å². The van der Waals surface area contributed by atoms with E-state index in [-0.39, 0.29) is 0 Å². The number of likely N-dealkylation sites (tertiary alicyclic amines) is 1. The number of piperidine rings is 1. The van der Waals surface area contributed by atoms with Crippen LogP contribution >= 0.6 is 0 Å². The highest BCUT2D eigenvalue weighted by atomic mass is 16.5. The van der Waals surface area contributed by atoms with Crippen molar-refractivity contribution in [3.8, 4) is 0 Å². The van der Waals surface area contributed by atoms with Crippen molar-refractivity contribution < 1.29 is 4.74 Å². The van der Waals surface area contributed by atoms with Crippen LogP contribution in [0.5, 0.6) is 0 Å². The molecule has 0 radical (unpaired) electrons. The molecule has 1 heterocycles. The first kappa shape index (κ1) is 12.9. The fraction of sp³-hybridized carbons (Fsp3) is 1.00. The Hall–Kier alpha value is -0.120. The Bertz CT molecular complexity index is 184. The molecule has 90 valence electrons. The molecule has 2 N–H and O–H groups in total. The second kappa shape index (κ2) is 5.83. The molecule has 0 saturated carbocycles. The standard InChI is InChI=1S/C12H26N2O/c1-9-5-6-12(7-13)8-14(9)10(2)11(3)15-4/h9-12H,5-8,13H2,1-4H3. The molecule has 1 rings (SSSR count). The van der Waals surface area contributed by atoms with Crippen molar-refractivity contribution in [3.05, 3.63) is 0 Å². The molecule has 1 aliphatic heterocycles. The van der Waals surface area contributed by atoms with Crippen LogP contribution in [0, 0.1) is 5.92 Å². The van der Waals surface area contributed by atoms with E-state index in [9.17, 15) is 0 Å². The molecule has 0 bridgehead atoms. The van der Waals surface area contributed by atoms with Crippen molar-refractivity contribution >= 4 is 0 Å². The highest BCUT2D eigenvalue weighted by Crippen LogP contribution is 2.24. The highest BCUT2D eigenvalue weighted by Gasteiger charge is 2.30.